The third kappa shape index (κ3) is 3.50. The highest BCUT2D eigenvalue weighted by molar-refractivity contribution is 5.55. The minimum absolute atomic E-state index is 0.365. The van der Waals surface area contributed by atoms with Crippen LogP contribution >= 0.6 is 0 Å². The highest BCUT2D eigenvalue weighted by Gasteiger charge is 2.30. The van der Waals surface area contributed by atoms with Gasteiger partial charge in [0.2, 0.25) is 0 Å². The zero-order chi connectivity index (χ0) is 16.4. The summed E-state index contributed by atoms with van der Waals surface area (Å²) >= 11 is 0. The average Bonchev–Trinajstić information content (AvgIpc) is 2.97. The molecule has 0 spiro atoms. The van der Waals surface area contributed by atoms with E-state index in [2.05, 4.69) is 15.2 Å². The van der Waals surface area contributed by atoms with Gasteiger partial charge in [-0.3, -0.25) is 5.10 Å². The van der Waals surface area contributed by atoms with Crippen LogP contribution in [0.15, 0.2) is 48.5 Å². The summed E-state index contributed by atoms with van der Waals surface area (Å²) in [5, 5.41) is 6.85. The summed E-state index contributed by atoms with van der Waals surface area (Å²) in [6, 6.07) is 12.1. The van der Waals surface area contributed by atoms with E-state index in [9.17, 15) is 13.2 Å². The van der Waals surface area contributed by atoms with Gasteiger partial charge in [-0.25, -0.2) is 4.98 Å². The molecule has 0 atom stereocenters. The number of nitrogen functional groups attached to an aromatic ring is 1. The second kappa shape index (κ2) is 5.75. The van der Waals surface area contributed by atoms with Crippen molar-refractivity contribution in [3.63, 3.8) is 0 Å². The molecule has 118 valence electrons. The maximum atomic E-state index is 12.6. The highest BCUT2D eigenvalue weighted by atomic mass is 19.4. The van der Waals surface area contributed by atoms with Crippen LogP contribution in [0.5, 0.6) is 0 Å². The number of halogens is 3. The number of hydrogen-bond acceptors (Lipinski definition) is 3. The molecule has 23 heavy (non-hydrogen) atoms. The van der Waals surface area contributed by atoms with Crippen molar-refractivity contribution in [2.24, 2.45) is 0 Å². The normalized spacial score (nSPS) is 11.6. The second-order valence-corrected chi connectivity index (χ2v) is 5.10. The molecule has 7 heteroatoms. The van der Waals surface area contributed by atoms with E-state index in [1.165, 1.54) is 12.1 Å². The number of rotatable bonds is 3. The molecule has 0 saturated heterocycles. The third-order valence-corrected chi connectivity index (χ3v) is 3.35. The number of alkyl halides is 3. The highest BCUT2D eigenvalue weighted by Crippen LogP contribution is 2.30. The molecule has 3 aromatic rings. The molecule has 1 aromatic heterocycles. The first-order chi connectivity index (χ1) is 10.9. The number of nitrogens with one attached hydrogen (secondary N) is 1. The Morgan fingerprint density at radius 2 is 1.61 bits per heavy atom. The molecule has 0 unspecified atom stereocenters. The maximum absolute atomic E-state index is 12.6. The Bertz CT molecular complexity index is 789. The quantitative estimate of drug-likeness (QED) is 0.724. The molecule has 0 aliphatic carbocycles. The van der Waals surface area contributed by atoms with Crippen LogP contribution in [0.2, 0.25) is 0 Å². The Labute approximate surface area is 130 Å². The van der Waals surface area contributed by atoms with Crippen molar-refractivity contribution >= 4 is 5.69 Å². The molecule has 0 fully saturated rings. The van der Waals surface area contributed by atoms with Gasteiger partial charge in [0, 0.05) is 17.7 Å². The van der Waals surface area contributed by atoms with E-state index >= 15 is 0 Å². The SMILES string of the molecule is Nc1ccc(Cc2nc(-c3ccc(C(F)(F)F)cc3)n[nH]2)cc1. The fourth-order valence-corrected chi connectivity index (χ4v) is 2.14. The number of benzene rings is 2. The molecular formula is C16H13F3N4. The van der Waals surface area contributed by atoms with Gasteiger partial charge in [-0.2, -0.15) is 18.3 Å². The zero-order valence-corrected chi connectivity index (χ0v) is 11.9. The van der Waals surface area contributed by atoms with E-state index in [1.54, 1.807) is 12.1 Å². The summed E-state index contributed by atoms with van der Waals surface area (Å²) in [6.07, 6.45) is -3.81. The molecule has 2 aromatic carbocycles. The van der Waals surface area contributed by atoms with E-state index in [-0.39, 0.29) is 0 Å². The molecule has 0 aliphatic heterocycles. The largest absolute Gasteiger partial charge is 0.416 e. The van der Waals surface area contributed by atoms with Crippen LogP contribution in [0.3, 0.4) is 0 Å². The lowest BCUT2D eigenvalue weighted by atomic mass is 10.1. The lowest BCUT2D eigenvalue weighted by molar-refractivity contribution is -0.137. The smallest absolute Gasteiger partial charge is 0.399 e. The first-order valence-corrected chi connectivity index (χ1v) is 6.85. The number of aromatic nitrogens is 3. The molecular weight excluding hydrogens is 305 g/mol. The van der Waals surface area contributed by atoms with Crippen molar-refractivity contribution in [2.75, 3.05) is 5.73 Å². The third-order valence-electron chi connectivity index (χ3n) is 3.35. The van der Waals surface area contributed by atoms with Crippen molar-refractivity contribution in [3.05, 3.63) is 65.5 Å². The fraction of sp³-hybridized carbons (Fsp3) is 0.125. The van der Waals surface area contributed by atoms with Crippen LogP contribution in [0, 0.1) is 0 Å². The second-order valence-electron chi connectivity index (χ2n) is 5.10. The number of hydrogen-bond donors (Lipinski definition) is 2. The van der Waals surface area contributed by atoms with Gasteiger partial charge in [0.1, 0.15) is 5.82 Å². The monoisotopic (exact) mass is 318 g/mol. The molecule has 0 aliphatic rings. The topological polar surface area (TPSA) is 67.6 Å². The van der Waals surface area contributed by atoms with Gasteiger partial charge in [0.25, 0.3) is 0 Å². The first-order valence-electron chi connectivity index (χ1n) is 6.85. The van der Waals surface area contributed by atoms with E-state index in [1.807, 2.05) is 12.1 Å². The first kappa shape index (κ1) is 15.1. The summed E-state index contributed by atoms with van der Waals surface area (Å²) in [5.74, 6) is 0.994. The van der Waals surface area contributed by atoms with Gasteiger partial charge < -0.3 is 5.73 Å². The summed E-state index contributed by atoms with van der Waals surface area (Å²) < 4.78 is 37.7. The van der Waals surface area contributed by atoms with Crippen molar-refractivity contribution in [1.29, 1.82) is 0 Å². The number of anilines is 1. The molecule has 0 amide bonds. The minimum atomic E-state index is -4.35. The lowest BCUT2D eigenvalue weighted by Crippen LogP contribution is -2.04. The van der Waals surface area contributed by atoms with E-state index < -0.39 is 11.7 Å². The Kier molecular flexibility index (Phi) is 3.77. The van der Waals surface area contributed by atoms with Crippen molar-refractivity contribution in [3.8, 4) is 11.4 Å². The average molecular weight is 318 g/mol. The van der Waals surface area contributed by atoms with Crippen LogP contribution in [-0.4, -0.2) is 15.2 Å². The van der Waals surface area contributed by atoms with Gasteiger partial charge in [0.05, 0.1) is 5.56 Å². The summed E-state index contributed by atoms with van der Waals surface area (Å²) in [4.78, 5) is 4.31. The van der Waals surface area contributed by atoms with Gasteiger partial charge in [0.15, 0.2) is 5.82 Å². The van der Waals surface area contributed by atoms with Crippen LogP contribution in [0.1, 0.15) is 17.0 Å². The Morgan fingerprint density at radius 1 is 0.957 bits per heavy atom. The van der Waals surface area contributed by atoms with Crippen LogP contribution < -0.4 is 5.73 Å². The molecule has 1 heterocycles. The molecule has 0 saturated carbocycles. The fourth-order valence-electron chi connectivity index (χ4n) is 2.14. The predicted octanol–water partition coefficient (Wildman–Crippen LogP) is 3.66. The van der Waals surface area contributed by atoms with Crippen molar-refractivity contribution < 1.29 is 13.2 Å². The molecule has 0 bridgehead atoms. The molecule has 4 nitrogen and oxygen atoms in total. The summed E-state index contributed by atoms with van der Waals surface area (Å²) in [7, 11) is 0. The molecule has 0 radical (unpaired) electrons. The van der Waals surface area contributed by atoms with E-state index in [4.69, 9.17) is 5.73 Å². The molecule has 3 rings (SSSR count). The number of nitrogens with two attached hydrogens (primary N) is 1. The Morgan fingerprint density at radius 3 is 2.22 bits per heavy atom. The van der Waals surface area contributed by atoms with Crippen molar-refractivity contribution in [1.82, 2.24) is 15.2 Å². The molecule has 3 N–H and O–H groups in total. The summed E-state index contributed by atoms with van der Waals surface area (Å²) in [5.41, 5.74) is 7.14. The number of nitrogens with zero attached hydrogens (tertiary/aromatic N) is 2. The van der Waals surface area contributed by atoms with Gasteiger partial charge >= 0.3 is 6.18 Å². The van der Waals surface area contributed by atoms with Gasteiger partial charge in [-0.1, -0.05) is 24.3 Å². The number of H-pyrrole nitrogens is 1. The van der Waals surface area contributed by atoms with Crippen molar-refractivity contribution in [2.45, 2.75) is 12.6 Å². The Balaban J connectivity index is 1.77. The minimum Gasteiger partial charge on any atom is -0.399 e. The maximum Gasteiger partial charge on any atom is 0.416 e. The van der Waals surface area contributed by atoms with E-state index in [0.29, 0.717) is 29.3 Å². The zero-order valence-electron chi connectivity index (χ0n) is 11.9. The number of aromatic amines is 1. The van der Waals surface area contributed by atoms with Crippen LogP contribution in [0.4, 0.5) is 18.9 Å². The standard InChI is InChI=1S/C16H13F3N4/c17-16(18,19)12-5-3-11(4-6-12)15-21-14(22-23-15)9-10-1-7-13(20)8-2-10/h1-8H,9,20H2,(H,21,22,23). The summed E-state index contributed by atoms with van der Waals surface area (Å²) in [6.45, 7) is 0. The van der Waals surface area contributed by atoms with Crippen LogP contribution in [0.25, 0.3) is 11.4 Å². The van der Waals surface area contributed by atoms with E-state index in [0.717, 1.165) is 17.7 Å². The predicted molar refractivity (Wildman–Crippen MR) is 80.5 cm³/mol. The van der Waals surface area contributed by atoms with Gasteiger partial charge in [-0.05, 0) is 29.8 Å². The Hall–Kier alpha value is -2.83. The van der Waals surface area contributed by atoms with Gasteiger partial charge in [-0.15, -0.1) is 0 Å². The lowest BCUT2D eigenvalue weighted by Gasteiger charge is -2.06. The van der Waals surface area contributed by atoms with Crippen LogP contribution in [-0.2, 0) is 12.6 Å².